The summed E-state index contributed by atoms with van der Waals surface area (Å²) in [7, 11) is 0. The van der Waals surface area contributed by atoms with Gasteiger partial charge in [0.05, 0.1) is 19.4 Å². The Balaban J connectivity index is 1.72. The number of halogens is 1. The molecule has 0 radical (unpaired) electrons. The van der Waals surface area contributed by atoms with Crippen LogP contribution in [0.25, 0.3) is 0 Å². The van der Waals surface area contributed by atoms with Gasteiger partial charge >= 0.3 is 0 Å². The van der Waals surface area contributed by atoms with Gasteiger partial charge in [-0.05, 0) is 73.2 Å². The number of hydrogen-bond donors (Lipinski definition) is 1. The Morgan fingerprint density at radius 2 is 1.81 bits per heavy atom. The summed E-state index contributed by atoms with van der Waals surface area (Å²) in [6.45, 7) is 3.61. The van der Waals surface area contributed by atoms with Crippen LogP contribution in [-0.4, -0.2) is 16.6 Å². The second kappa shape index (κ2) is 9.19. The van der Waals surface area contributed by atoms with Crippen molar-refractivity contribution in [1.29, 1.82) is 0 Å². The number of ether oxygens (including phenoxy) is 1. The Morgan fingerprint density at radius 1 is 1.07 bits per heavy atom. The fourth-order valence-corrected chi connectivity index (χ4v) is 2.85. The van der Waals surface area contributed by atoms with Gasteiger partial charge in [-0.3, -0.25) is 0 Å². The van der Waals surface area contributed by atoms with Gasteiger partial charge in [0.2, 0.25) is 0 Å². The van der Waals surface area contributed by atoms with Gasteiger partial charge in [0, 0.05) is 12.2 Å². The molecular formula is C21H21FN2O2S. The van der Waals surface area contributed by atoms with Crippen molar-refractivity contribution in [2.45, 2.75) is 20.0 Å². The molecule has 3 rings (SSSR count). The van der Waals surface area contributed by atoms with E-state index in [9.17, 15) is 4.39 Å². The van der Waals surface area contributed by atoms with Gasteiger partial charge in [-0.2, -0.15) is 0 Å². The van der Waals surface area contributed by atoms with E-state index < -0.39 is 0 Å². The van der Waals surface area contributed by atoms with Gasteiger partial charge in [0.15, 0.2) is 5.11 Å². The maximum Gasteiger partial charge on any atom is 0.174 e. The highest BCUT2D eigenvalue weighted by Gasteiger charge is 2.13. The zero-order valence-electron chi connectivity index (χ0n) is 15.0. The van der Waals surface area contributed by atoms with Crippen molar-refractivity contribution in [1.82, 2.24) is 4.90 Å². The average Bonchev–Trinajstić information content (AvgIpc) is 3.18. The molecule has 3 aromatic rings. The number of benzene rings is 2. The molecule has 2 aromatic carbocycles. The van der Waals surface area contributed by atoms with E-state index in [2.05, 4.69) is 5.32 Å². The Labute approximate surface area is 163 Å². The lowest BCUT2D eigenvalue weighted by molar-refractivity contribution is 0.340. The molecule has 1 N–H and O–H groups in total. The molecule has 0 aliphatic rings. The topological polar surface area (TPSA) is 37.6 Å². The highest BCUT2D eigenvalue weighted by atomic mass is 32.1. The van der Waals surface area contributed by atoms with Crippen molar-refractivity contribution >= 4 is 23.0 Å². The molecule has 0 spiro atoms. The summed E-state index contributed by atoms with van der Waals surface area (Å²) in [5, 5.41) is 3.80. The first-order valence-electron chi connectivity index (χ1n) is 8.69. The summed E-state index contributed by atoms with van der Waals surface area (Å²) in [5.41, 5.74) is 1.82. The van der Waals surface area contributed by atoms with Gasteiger partial charge in [-0.1, -0.05) is 12.1 Å². The zero-order chi connectivity index (χ0) is 19.1. The molecular weight excluding hydrogens is 363 g/mol. The SMILES string of the molecule is CCOc1ccc(NC(=S)N(Cc2ccc(F)cc2)Cc2ccco2)cc1. The molecule has 0 aliphatic carbocycles. The summed E-state index contributed by atoms with van der Waals surface area (Å²) in [4.78, 5) is 1.97. The van der Waals surface area contributed by atoms with Crippen molar-refractivity contribution in [2.75, 3.05) is 11.9 Å². The summed E-state index contributed by atoms with van der Waals surface area (Å²) < 4.78 is 24.1. The van der Waals surface area contributed by atoms with E-state index in [-0.39, 0.29) is 5.82 Å². The highest BCUT2D eigenvalue weighted by Crippen LogP contribution is 2.18. The van der Waals surface area contributed by atoms with Crippen molar-refractivity contribution in [2.24, 2.45) is 0 Å². The molecule has 4 nitrogen and oxygen atoms in total. The normalized spacial score (nSPS) is 10.4. The van der Waals surface area contributed by atoms with E-state index >= 15 is 0 Å². The first-order chi connectivity index (χ1) is 13.1. The number of nitrogens with one attached hydrogen (secondary N) is 1. The quantitative estimate of drug-likeness (QED) is 0.566. The van der Waals surface area contributed by atoms with Gasteiger partial charge in [0.25, 0.3) is 0 Å². The summed E-state index contributed by atoms with van der Waals surface area (Å²) in [5.74, 6) is 1.35. The van der Waals surface area contributed by atoms with Crippen molar-refractivity contribution in [3.05, 3.63) is 84.1 Å². The predicted octanol–water partition coefficient (Wildman–Crippen LogP) is 5.22. The molecule has 0 aliphatic heterocycles. The van der Waals surface area contributed by atoms with E-state index in [4.69, 9.17) is 21.4 Å². The summed E-state index contributed by atoms with van der Waals surface area (Å²) >= 11 is 5.61. The first kappa shape index (κ1) is 18.9. The molecule has 6 heteroatoms. The summed E-state index contributed by atoms with van der Waals surface area (Å²) in [6.07, 6.45) is 1.63. The standard InChI is InChI=1S/C21H21FN2O2S/c1-2-25-19-11-9-18(10-12-19)23-21(27)24(15-20-4-3-13-26-20)14-16-5-7-17(22)8-6-16/h3-13H,2,14-15H2,1H3,(H,23,27). The van der Waals surface area contributed by atoms with Crippen LogP contribution in [0.4, 0.5) is 10.1 Å². The fraction of sp³-hybridized carbons (Fsp3) is 0.190. The number of anilines is 1. The average molecular weight is 384 g/mol. The van der Waals surface area contributed by atoms with Crippen LogP contribution in [0.3, 0.4) is 0 Å². The highest BCUT2D eigenvalue weighted by molar-refractivity contribution is 7.80. The monoisotopic (exact) mass is 384 g/mol. The molecule has 1 heterocycles. The van der Waals surface area contributed by atoms with E-state index in [0.717, 1.165) is 22.8 Å². The van der Waals surface area contributed by atoms with Gasteiger partial charge in [-0.15, -0.1) is 0 Å². The van der Waals surface area contributed by atoms with Gasteiger partial charge in [0.1, 0.15) is 17.3 Å². The number of furan rings is 1. The van der Waals surface area contributed by atoms with Crippen LogP contribution in [0, 0.1) is 5.82 Å². The third-order valence-corrected chi connectivity index (χ3v) is 4.28. The molecule has 0 unspecified atom stereocenters. The van der Waals surface area contributed by atoms with Crippen LogP contribution in [0.5, 0.6) is 5.75 Å². The van der Waals surface area contributed by atoms with Crippen molar-refractivity contribution in [3.8, 4) is 5.75 Å². The largest absolute Gasteiger partial charge is 0.494 e. The predicted molar refractivity (Wildman–Crippen MR) is 108 cm³/mol. The minimum atomic E-state index is -0.258. The molecule has 27 heavy (non-hydrogen) atoms. The Bertz CT molecular complexity index is 849. The Hall–Kier alpha value is -2.86. The van der Waals surface area contributed by atoms with Crippen LogP contribution in [0.1, 0.15) is 18.2 Å². The number of thiocarbonyl (C=S) groups is 1. The second-order valence-electron chi connectivity index (χ2n) is 5.95. The van der Waals surface area contributed by atoms with Crippen molar-refractivity contribution < 1.29 is 13.5 Å². The van der Waals surface area contributed by atoms with E-state index in [1.54, 1.807) is 18.4 Å². The molecule has 0 saturated heterocycles. The molecule has 0 amide bonds. The van der Waals surface area contributed by atoms with Gasteiger partial charge in [-0.25, -0.2) is 4.39 Å². The van der Waals surface area contributed by atoms with E-state index in [1.807, 2.05) is 48.2 Å². The van der Waals surface area contributed by atoms with Gasteiger partial charge < -0.3 is 19.4 Å². The van der Waals surface area contributed by atoms with Crippen molar-refractivity contribution in [3.63, 3.8) is 0 Å². The lowest BCUT2D eigenvalue weighted by atomic mass is 10.2. The number of hydrogen-bond acceptors (Lipinski definition) is 3. The number of rotatable bonds is 7. The Kier molecular flexibility index (Phi) is 6.44. The van der Waals surface area contributed by atoms with Crippen LogP contribution in [0.2, 0.25) is 0 Å². The third-order valence-electron chi connectivity index (χ3n) is 3.92. The second-order valence-corrected chi connectivity index (χ2v) is 6.34. The lowest BCUT2D eigenvalue weighted by Crippen LogP contribution is -2.33. The molecule has 0 atom stereocenters. The first-order valence-corrected chi connectivity index (χ1v) is 9.10. The lowest BCUT2D eigenvalue weighted by Gasteiger charge is -2.25. The zero-order valence-corrected chi connectivity index (χ0v) is 15.8. The van der Waals surface area contributed by atoms with Crippen LogP contribution < -0.4 is 10.1 Å². The van der Waals surface area contributed by atoms with E-state index in [0.29, 0.717) is 24.8 Å². The third kappa shape index (κ3) is 5.56. The van der Waals surface area contributed by atoms with E-state index in [1.165, 1.54) is 12.1 Å². The molecule has 140 valence electrons. The molecule has 0 fully saturated rings. The fourth-order valence-electron chi connectivity index (χ4n) is 2.60. The van der Waals surface area contributed by atoms with Crippen LogP contribution in [-0.2, 0) is 13.1 Å². The molecule has 0 saturated carbocycles. The van der Waals surface area contributed by atoms with Crippen LogP contribution >= 0.6 is 12.2 Å². The minimum absolute atomic E-state index is 0.258. The Morgan fingerprint density at radius 3 is 2.44 bits per heavy atom. The summed E-state index contributed by atoms with van der Waals surface area (Å²) in [6, 6.07) is 17.8. The molecule has 1 aromatic heterocycles. The maximum absolute atomic E-state index is 13.2. The maximum atomic E-state index is 13.2. The smallest absolute Gasteiger partial charge is 0.174 e. The number of nitrogens with zero attached hydrogens (tertiary/aromatic N) is 1. The van der Waals surface area contributed by atoms with Crippen LogP contribution in [0.15, 0.2) is 71.3 Å². The minimum Gasteiger partial charge on any atom is -0.494 e. The molecule has 0 bridgehead atoms.